The maximum Gasteiger partial charge on any atom is 0.134 e. The number of hydrogen-bond acceptors (Lipinski definition) is 6. The van der Waals surface area contributed by atoms with Crippen LogP contribution in [0.15, 0.2) is 0 Å². The zero-order valence-corrected chi connectivity index (χ0v) is 13.3. The molecule has 0 spiro atoms. The Balaban J connectivity index is 2.58. The quantitative estimate of drug-likeness (QED) is 0.716. The molecule has 19 heavy (non-hydrogen) atoms. The summed E-state index contributed by atoms with van der Waals surface area (Å²) in [5.41, 5.74) is 1.05. The van der Waals surface area contributed by atoms with E-state index in [4.69, 9.17) is 4.74 Å². The van der Waals surface area contributed by atoms with E-state index >= 15 is 0 Å². The van der Waals surface area contributed by atoms with Gasteiger partial charge in [-0.3, -0.25) is 4.90 Å². The van der Waals surface area contributed by atoms with Crippen LogP contribution in [-0.2, 0) is 11.3 Å². The Labute approximate surface area is 120 Å². The third-order valence-corrected chi connectivity index (χ3v) is 3.43. The third kappa shape index (κ3) is 6.31. The molecular formula is C13H26N4OS. The van der Waals surface area contributed by atoms with Crippen LogP contribution >= 0.6 is 11.5 Å². The summed E-state index contributed by atoms with van der Waals surface area (Å²) in [4.78, 5) is 2.38. The SMILES string of the molecule is CCCNc1snnc1CN(CCOC)CC(C)C. The van der Waals surface area contributed by atoms with Crippen LogP contribution in [-0.4, -0.2) is 47.8 Å². The summed E-state index contributed by atoms with van der Waals surface area (Å²) in [6, 6.07) is 0. The molecule has 1 heterocycles. The van der Waals surface area contributed by atoms with E-state index in [1.807, 2.05) is 0 Å². The number of rotatable bonds is 10. The Morgan fingerprint density at radius 3 is 2.84 bits per heavy atom. The first-order chi connectivity index (χ1) is 9.17. The molecule has 0 aliphatic heterocycles. The minimum Gasteiger partial charge on any atom is -0.383 e. The van der Waals surface area contributed by atoms with Gasteiger partial charge in [0.1, 0.15) is 10.7 Å². The van der Waals surface area contributed by atoms with E-state index in [0.717, 1.165) is 49.9 Å². The number of aromatic nitrogens is 2. The van der Waals surface area contributed by atoms with Gasteiger partial charge in [0.15, 0.2) is 0 Å². The Kier molecular flexibility index (Phi) is 7.93. The fraction of sp³-hybridized carbons (Fsp3) is 0.846. The summed E-state index contributed by atoms with van der Waals surface area (Å²) >= 11 is 1.44. The van der Waals surface area contributed by atoms with Crippen molar-refractivity contribution in [3.8, 4) is 0 Å². The van der Waals surface area contributed by atoms with Gasteiger partial charge >= 0.3 is 0 Å². The molecule has 110 valence electrons. The lowest BCUT2D eigenvalue weighted by molar-refractivity contribution is 0.135. The maximum atomic E-state index is 5.18. The highest BCUT2D eigenvalue weighted by molar-refractivity contribution is 7.10. The summed E-state index contributed by atoms with van der Waals surface area (Å²) in [6.45, 7) is 11.2. The summed E-state index contributed by atoms with van der Waals surface area (Å²) < 4.78 is 9.24. The lowest BCUT2D eigenvalue weighted by atomic mass is 10.2. The second-order valence-electron chi connectivity index (χ2n) is 5.10. The minimum atomic E-state index is 0.635. The largest absolute Gasteiger partial charge is 0.383 e. The number of methoxy groups -OCH3 is 1. The molecular weight excluding hydrogens is 260 g/mol. The highest BCUT2D eigenvalue weighted by Crippen LogP contribution is 2.19. The molecule has 0 saturated heterocycles. The molecule has 5 nitrogen and oxygen atoms in total. The molecule has 1 aromatic rings. The highest BCUT2D eigenvalue weighted by atomic mass is 32.1. The topological polar surface area (TPSA) is 50.3 Å². The average Bonchev–Trinajstić information content (AvgIpc) is 2.80. The number of nitrogens with zero attached hydrogens (tertiary/aromatic N) is 3. The van der Waals surface area contributed by atoms with Crippen LogP contribution < -0.4 is 5.32 Å². The van der Waals surface area contributed by atoms with Crippen LogP contribution in [0.5, 0.6) is 0 Å². The summed E-state index contributed by atoms with van der Waals surface area (Å²) in [6.07, 6.45) is 1.11. The van der Waals surface area contributed by atoms with Crippen LogP contribution in [0, 0.1) is 5.92 Å². The van der Waals surface area contributed by atoms with Crippen molar-refractivity contribution in [2.75, 3.05) is 38.7 Å². The summed E-state index contributed by atoms with van der Waals surface area (Å²) in [7, 11) is 1.74. The van der Waals surface area contributed by atoms with Crippen LogP contribution in [0.3, 0.4) is 0 Å². The van der Waals surface area contributed by atoms with E-state index in [-0.39, 0.29) is 0 Å². The second kappa shape index (κ2) is 9.23. The van der Waals surface area contributed by atoms with Gasteiger partial charge in [0.05, 0.1) is 6.61 Å². The van der Waals surface area contributed by atoms with Crippen LogP contribution in [0.2, 0.25) is 0 Å². The fourth-order valence-corrected chi connectivity index (χ4v) is 2.47. The van der Waals surface area contributed by atoms with E-state index in [0.29, 0.717) is 5.92 Å². The van der Waals surface area contributed by atoms with Gasteiger partial charge in [-0.15, -0.1) is 5.10 Å². The summed E-state index contributed by atoms with van der Waals surface area (Å²) in [5, 5.41) is 8.75. The van der Waals surface area contributed by atoms with Crippen LogP contribution in [0.4, 0.5) is 5.00 Å². The fourth-order valence-electron chi connectivity index (χ4n) is 1.87. The average molecular weight is 286 g/mol. The number of hydrogen-bond donors (Lipinski definition) is 1. The van der Waals surface area contributed by atoms with Gasteiger partial charge in [0, 0.05) is 44.8 Å². The van der Waals surface area contributed by atoms with Gasteiger partial charge in [-0.2, -0.15) is 0 Å². The predicted molar refractivity (Wildman–Crippen MR) is 80.7 cm³/mol. The normalized spacial score (nSPS) is 11.5. The molecule has 6 heteroatoms. The molecule has 0 radical (unpaired) electrons. The molecule has 0 aliphatic carbocycles. The Morgan fingerprint density at radius 1 is 1.42 bits per heavy atom. The van der Waals surface area contributed by atoms with Crippen LogP contribution in [0.25, 0.3) is 0 Å². The van der Waals surface area contributed by atoms with Gasteiger partial charge in [0.25, 0.3) is 0 Å². The van der Waals surface area contributed by atoms with Crippen molar-refractivity contribution in [3.05, 3.63) is 5.69 Å². The molecule has 0 unspecified atom stereocenters. The van der Waals surface area contributed by atoms with Crippen molar-refractivity contribution in [1.29, 1.82) is 0 Å². The standard InChI is InChI=1S/C13H26N4OS/c1-5-6-14-13-12(15-16-19-13)10-17(7-8-18-4)9-11(2)3/h11,14H,5-10H2,1-4H3. The summed E-state index contributed by atoms with van der Waals surface area (Å²) in [5.74, 6) is 0.635. The first-order valence-corrected chi connectivity index (χ1v) is 7.71. The van der Waals surface area contributed by atoms with Gasteiger partial charge in [-0.05, 0) is 12.3 Å². The molecule has 0 aromatic carbocycles. The molecule has 0 fully saturated rings. The monoisotopic (exact) mass is 286 g/mol. The van der Waals surface area contributed by atoms with Crippen molar-refractivity contribution in [2.45, 2.75) is 33.7 Å². The highest BCUT2D eigenvalue weighted by Gasteiger charge is 2.13. The van der Waals surface area contributed by atoms with E-state index < -0.39 is 0 Å². The van der Waals surface area contributed by atoms with E-state index in [2.05, 4.69) is 40.6 Å². The lowest BCUT2D eigenvalue weighted by Crippen LogP contribution is -2.31. The Bertz CT molecular complexity index is 343. The molecule has 0 saturated carbocycles. The molecule has 0 amide bonds. The van der Waals surface area contributed by atoms with Gasteiger partial charge < -0.3 is 10.1 Å². The molecule has 1 aromatic heterocycles. The number of ether oxygens (including phenoxy) is 1. The molecule has 0 aliphatic rings. The van der Waals surface area contributed by atoms with Crippen molar-refractivity contribution >= 4 is 16.5 Å². The molecule has 0 atom stereocenters. The van der Waals surface area contributed by atoms with E-state index in [9.17, 15) is 0 Å². The molecule has 1 rings (SSSR count). The van der Waals surface area contributed by atoms with Crippen molar-refractivity contribution in [3.63, 3.8) is 0 Å². The second-order valence-corrected chi connectivity index (χ2v) is 5.85. The number of anilines is 1. The predicted octanol–water partition coefficient (Wildman–Crippen LogP) is 2.46. The molecule has 0 bridgehead atoms. The number of nitrogens with one attached hydrogen (secondary N) is 1. The minimum absolute atomic E-state index is 0.635. The van der Waals surface area contributed by atoms with E-state index in [1.165, 1.54) is 11.5 Å². The smallest absolute Gasteiger partial charge is 0.134 e. The lowest BCUT2D eigenvalue weighted by Gasteiger charge is -2.23. The van der Waals surface area contributed by atoms with Crippen molar-refractivity contribution < 1.29 is 4.74 Å². The zero-order chi connectivity index (χ0) is 14.1. The zero-order valence-electron chi connectivity index (χ0n) is 12.5. The van der Waals surface area contributed by atoms with Gasteiger partial charge in [-0.25, -0.2) is 0 Å². The van der Waals surface area contributed by atoms with Crippen LogP contribution in [0.1, 0.15) is 32.9 Å². The Morgan fingerprint density at radius 2 is 2.21 bits per heavy atom. The van der Waals surface area contributed by atoms with Crippen molar-refractivity contribution in [1.82, 2.24) is 14.5 Å². The first-order valence-electron chi connectivity index (χ1n) is 6.93. The first kappa shape index (κ1) is 16.3. The Hall–Kier alpha value is -0.720. The third-order valence-electron chi connectivity index (χ3n) is 2.70. The maximum absolute atomic E-state index is 5.18. The van der Waals surface area contributed by atoms with Crippen molar-refractivity contribution in [2.24, 2.45) is 5.92 Å². The van der Waals surface area contributed by atoms with Gasteiger partial charge in [0.2, 0.25) is 0 Å². The van der Waals surface area contributed by atoms with Gasteiger partial charge in [-0.1, -0.05) is 25.3 Å². The van der Waals surface area contributed by atoms with E-state index in [1.54, 1.807) is 7.11 Å². The molecule has 1 N–H and O–H groups in total.